The zero-order chi connectivity index (χ0) is 24.2. The lowest BCUT2D eigenvalue weighted by Crippen LogP contribution is -2.68. The maximum atomic E-state index is 12.8. The molecule has 0 spiro atoms. The van der Waals surface area contributed by atoms with Gasteiger partial charge in [0, 0.05) is 0 Å². The van der Waals surface area contributed by atoms with E-state index in [-0.39, 0.29) is 27.8 Å². The number of hydrogen-bond acceptors (Lipinski definition) is 2. The summed E-state index contributed by atoms with van der Waals surface area (Å²) in [5, 5.41) is 21.5. The molecule has 3 nitrogen and oxygen atoms in total. The standard InChI is InChI=1S/C30H50O3/c1-18-10-15-30(25(32)33)17-16-28(6)20(24(30)19(18)2)8-9-22-27(5)13-12-23(31)26(3,4)21(27)11-14-29(22,28)7/h18-24,31H,8-17H2,1-7H3,(H,32,33)/t18-,19+,20?,21+,22?,23+,24+,27+,28-,29-,30+/m1/s1. The molecule has 0 amide bonds. The molecule has 5 rings (SSSR count). The second kappa shape index (κ2) is 7.23. The monoisotopic (exact) mass is 458 g/mol. The van der Waals surface area contributed by atoms with Crippen LogP contribution in [0.4, 0.5) is 0 Å². The minimum atomic E-state index is -0.501. The van der Waals surface area contributed by atoms with Crippen molar-refractivity contribution in [3.8, 4) is 0 Å². The Hall–Kier alpha value is -0.570. The van der Waals surface area contributed by atoms with Crippen LogP contribution in [-0.2, 0) is 4.79 Å². The number of aliphatic carboxylic acids is 1. The van der Waals surface area contributed by atoms with Crippen LogP contribution < -0.4 is 0 Å². The van der Waals surface area contributed by atoms with Crippen LogP contribution in [0.2, 0.25) is 0 Å². The van der Waals surface area contributed by atoms with Gasteiger partial charge in [-0.15, -0.1) is 0 Å². The molecule has 5 fully saturated rings. The fourth-order valence-corrected chi connectivity index (χ4v) is 11.7. The van der Waals surface area contributed by atoms with Gasteiger partial charge in [-0.2, -0.15) is 0 Å². The fraction of sp³-hybridized carbons (Fsp3) is 0.967. The molecule has 3 heteroatoms. The van der Waals surface area contributed by atoms with Crippen LogP contribution in [0, 0.1) is 62.6 Å². The number of fused-ring (bicyclic) bond motifs is 7. The van der Waals surface area contributed by atoms with Gasteiger partial charge in [-0.05, 0) is 121 Å². The lowest BCUT2D eigenvalue weighted by molar-refractivity contribution is -0.258. The SMILES string of the molecule is C[C@H]1[C@H](C)CC[C@]2(C(=O)O)CC[C@]3(C)C(CCC4[C@@]5(C)CC[C@H](O)C(C)(C)[C@@H]5CC[C@]43C)[C@H]12. The van der Waals surface area contributed by atoms with E-state index in [9.17, 15) is 15.0 Å². The maximum absolute atomic E-state index is 12.8. The second-order valence-corrected chi connectivity index (χ2v) is 14.9. The molecule has 0 aromatic carbocycles. The largest absolute Gasteiger partial charge is 0.481 e. The molecule has 11 atom stereocenters. The molecule has 0 radical (unpaired) electrons. The maximum Gasteiger partial charge on any atom is 0.309 e. The van der Waals surface area contributed by atoms with E-state index >= 15 is 0 Å². The summed E-state index contributed by atoms with van der Waals surface area (Å²) in [4.78, 5) is 12.8. The van der Waals surface area contributed by atoms with Gasteiger partial charge >= 0.3 is 5.97 Å². The van der Waals surface area contributed by atoms with Crippen LogP contribution in [-0.4, -0.2) is 22.3 Å². The first-order valence-electron chi connectivity index (χ1n) is 14.2. The molecule has 0 heterocycles. The van der Waals surface area contributed by atoms with Crippen LogP contribution >= 0.6 is 0 Å². The van der Waals surface area contributed by atoms with Crippen LogP contribution in [0.15, 0.2) is 0 Å². The van der Waals surface area contributed by atoms with E-state index in [0.717, 1.165) is 38.5 Å². The summed E-state index contributed by atoms with van der Waals surface area (Å²) in [5.41, 5.74) is 0.280. The molecular weight excluding hydrogens is 408 g/mol. The van der Waals surface area contributed by atoms with Crippen molar-refractivity contribution in [1.82, 2.24) is 0 Å². The van der Waals surface area contributed by atoms with Crippen molar-refractivity contribution >= 4 is 5.97 Å². The molecule has 2 unspecified atom stereocenters. The molecular formula is C30H50O3. The Morgan fingerprint density at radius 1 is 0.758 bits per heavy atom. The van der Waals surface area contributed by atoms with Gasteiger partial charge in [0.1, 0.15) is 0 Å². The smallest absolute Gasteiger partial charge is 0.309 e. The highest BCUT2D eigenvalue weighted by Gasteiger charge is 2.71. The van der Waals surface area contributed by atoms with Gasteiger partial charge in [-0.1, -0.05) is 48.5 Å². The van der Waals surface area contributed by atoms with E-state index in [4.69, 9.17) is 0 Å². The number of rotatable bonds is 1. The van der Waals surface area contributed by atoms with Gasteiger partial charge < -0.3 is 10.2 Å². The van der Waals surface area contributed by atoms with Crippen molar-refractivity contribution in [2.24, 2.45) is 62.6 Å². The third kappa shape index (κ3) is 2.81. The molecule has 0 aromatic rings. The number of aliphatic hydroxyl groups excluding tert-OH is 1. The summed E-state index contributed by atoms with van der Waals surface area (Å²) < 4.78 is 0. The molecule has 5 aliphatic carbocycles. The molecule has 5 saturated carbocycles. The molecule has 33 heavy (non-hydrogen) atoms. The van der Waals surface area contributed by atoms with Crippen LogP contribution in [0.5, 0.6) is 0 Å². The van der Waals surface area contributed by atoms with Gasteiger partial charge in [0.05, 0.1) is 11.5 Å². The van der Waals surface area contributed by atoms with Crippen molar-refractivity contribution in [2.75, 3.05) is 0 Å². The van der Waals surface area contributed by atoms with Gasteiger partial charge in [0.2, 0.25) is 0 Å². The Labute approximate surface area is 202 Å². The number of carboxylic acid groups (broad SMARTS) is 1. The minimum absolute atomic E-state index is 0.00950. The van der Waals surface area contributed by atoms with E-state index < -0.39 is 11.4 Å². The number of carbonyl (C=O) groups is 1. The predicted molar refractivity (Wildman–Crippen MR) is 133 cm³/mol. The van der Waals surface area contributed by atoms with E-state index in [1.54, 1.807) is 0 Å². The number of hydrogen-bond donors (Lipinski definition) is 2. The number of carboxylic acids is 1. The van der Waals surface area contributed by atoms with Crippen LogP contribution in [0.25, 0.3) is 0 Å². The first-order chi connectivity index (χ1) is 15.3. The predicted octanol–water partition coefficient (Wildman–Crippen LogP) is 7.17. The highest BCUT2D eigenvalue weighted by atomic mass is 16.4. The average Bonchev–Trinajstić information content (AvgIpc) is 2.74. The van der Waals surface area contributed by atoms with E-state index in [1.807, 2.05) is 0 Å². The average molecular weight is 459 g/mol. The topological polar surface area (TPSA) is 57.5 Å². The van der Waals surface area contributed by atoms with Crippen molar-refractivity contribution < 1.29 is 15.0 Å². The van der Waals surface area contributed by atoms with Crippen molar-refractivity contribution in [3.63, 3.8) is 0 Å². The van der Waals surface area contributed by atoms with E-state index in [1.165, 1.54) is 25.7 Å². The van der Waals surface area contributed by atoms with E-state index in [2.05, 4.69) is 48.5 Å². The molecule has 0 saturated heterocycles. The summed E-state index contributed by atoms with van der Waals surface area (Å²) in [6, 6.07) is 0. The fourth-order valence-electron chi connectivity index (χ4n) is 11.7. The first kappa shape index (κ1) is 24.1. The Morgan fingerprint density at radius 2 is 1.45 bits per heavy atom. The minimum Gasteiger partial charge on any atom is -0.481 e. The van der Waals surface area contributed by atoms with Gasteiger partial charge in [-0.25, -0.2) is 0 Å². The molecule has 5 aliphatic rings. The quantitative estimate of drug-likeness (QED) is 0.438. The highest BCUT2D eigenvalue weighted by Crippen LogP contribution is 2.77. The molecule has 0 aromatic heterocycles. The lowest BCUT2D eigenvalue weighted by atomic mass is 9.31. The number of aliphatic hydroxyl groups is 1. The van der Waals surface area contributed by atoms with Crippen LogP contribution in [0.1, 0.15) is 113 Å². The summed E-state index contributed by atoms with van der Waals surface area (Å²) in [5.74, 6) is 2.75. The normalized spacial score (nSPS) is 57.8. The zero-order valence-corrected chi connectivity index (χ0v) is 22.4. The molecule has 188 valence electrons. The summed E-state index contributed by atoms with van der Waals surface area (Å²) in [6.07, 6.45) is 10.8. The van der Waals surface area contributed by atoms with Crippen molar-refractivity contribution in [1.29, 1.82) is 0 Å². The Kier molecular flexibility index (Phi) is 5.29. The molecule has 0 bridgehead atoms. The van der Waals surface area contributed by atoms with Gasteiger partial charge in [-0.3, -0.25) is 4.79 Å². The zero-order valence-electron chi connectivity index (χ0n) is 22.4. The molecule has 2 N–H and O–H groups in total. The van der Waals surface area contributed by atoms with Crippen molar-refractivity contribution in [3.05, 3.63) is 0 Å². The summed E-state index contributed by atoms with van der Waals surface area (Å²) in [6.45, 7) is 17.2. The summed E-state index contributed by atoms with van der Waals surface area (Å²) in [7, 11) is 0. The third-order valence-electron chi connectivity index (χ3n) is 14.0. The van der Waals surface area contributed by atoms with Gasteiger partial charge in [0.25, 0.3) is 0 Å². The first-order valence-corrected chi connectivity index (χ1v) is 14.2. The van der Waals surface area contributed by atoms with E-state index in [0.29, 0.717) is 35.5 Å². The second-order valence-electron chi connectivity index (χ2n) is 14.9. The lowest BCUT2D eigenvalue weighted by Gasteiger charge is -2.73. The molecule has 0 aliphatic heterocycles. The highest BCUT2D eigenvalue weighted by molar-refractivity contribution is 5.75. The summed E-state index contributed by atoms with van der Waals surface area (Å²) >= 11 is 0. The Morgan fingerprint density at radius 3 is 2.12 bits per heavy atom. The Bertz CT molecular complexity index is 819. The van der Waals surface area contributed by atoms with Crippen molar-refractivity contribution in [2.45, 2.75) is 119 Å². The third-order valence-corrected chi connectivity index (χ3v) is 14.0. The van der Waals surface area contributed by atoms with Crippen LogP contribution in [0.3, 0.4) is 0 Å². The Balaban J connectivity index is 1.56. The van der Waals surface area contributed by atoms with Gasteiger partial charge in [0.15, 0.2) is 0 Å².